The second kappa shape index (κ2) is 6.71. The zero-order valence-electron chi connectivity index (χ0n) is 11.1. The Morgan fingerprint density at radius 2 is 2.25 bits per heavy atom. The minimum atomic E-state index is -0.147. The maximum atomic E-state index is 11.8. The molecule has 0 aliphatic heterocycles. The average molecular weight is 312 g/mol. The van der Waals surface area contributed by atoms with Gasteiger partial charge in [-0.1, -0.05) is 30.3 Å². The molecule has 106 valence electrons. The molecular weight excluding hydrogens is 298 g/mol. The summed E-state index contributed by atoms with van der Waals surface area (Å²) >= 11 is 7.06. The first-order chi connectivity index (χ1) is 9.60. The molecule has 0 saturated heterocycles. The zero-order chi connectivity index (χ0) is 14.5. The molecule has 0 unspecified atom stereocenters. The van der Waals surface area contributed by atoms with Crippen molar-refractivity contribution in [1.82, 2.24) is 19.7 Å². The number of carbonyl (C=O) groups is 1. The second-order valence-corrected chi connectivity index (χ2v) is 5.39. The standard InChI is InChI=1S/C12H14ClN5OS/c1-3-10-16-17-12(18(10)2)20-7-11(19)15-9-5-4-8(13)6-14-9/h4-6H,3,7H2,1-2H3,(H,14,15,19). The van der Waals surface area contributed by atoms with Gasteiger partial charge in [-0.15, -0.1) is 10.2 Å². The van der Waals surface area contributed by atoms with Crippen molar-refractivity contribution in [3.05, 3.63) is 29.2 Å². The molecule has 0 radical (unpaired) electrons. The van der Waals surface area contributed by atoms with Crippen molar-refractivity contribution in [2.24, 2.45) is 7.05 Å². The molecule has 2 aromatic heterocycles. The molecule has 6 nitrogen and oxygen atoms in total. The highest BCUT2D eigenvalue weighted by molar-refractivity contribution is 7.99. The third-order valence-corrected chi connectivity index (χ3v) is 3.81. The zero-order valence-corrected chi connectivity index (χ0v) is 12.7. The molecule has 2 heterocycles. The van der Waals surface area contributed by atoms with Gasteiger partial charge < -0.3 is 9.88 Å². The normalized spacial score (nSPS) is 10.6. The molecule has 0 aliphatic carbocycles. The van der Waals surface area contributed by atoms with E-state index in [4.69, 9.17) is 11.6 Å². The molecule has 1 amide bonds. The number of halogens is 1. The van der Waals surface area contributed by atoms with Crippen LogP contribution in [0.25, 0.3) is 0 Å². The van der Waals surface area contributed by atoms with Crippen LogP contribution in [-0.2, 0) is 18.3 Å². The van der Waals surface area contributed by atoms with Gasteiger partial charge in [0.15, 0.2) is 5.16 Å². The fourth-order valence-electron chi connectivity index (χ4n) is 1.54. The molecule has 0 atom stereocenters. The molecular formula is C12H14ClN5OS. The SMILES string of the molecule is CCc1nnc(SCC(=O)Nc2ccc(Cl)cn2)n1C. The van der Waals surface area contributed by atoms with Crippen LogP contribution >= 0.6 is 23.4 Å². The number of hydrogen-bond donors (Lipinski definition) is 1. The number of carbonyl (C=O) groups excluding carboxylic acids is 1. The fourth-order valence-corrected chi connectivity index (χ4v) is 2.38. The number of pyridine rings is 1. The first-order valence-electron chi connectivity index (χ1n) is 6.02. The van der Waals surface area contributed by atoms with Gasteiger partial charge in [-0.25, -0.2) is 4.98 Å². The molecule has 0 bridgehead atoms. The topological polar surface area (TPSA) is 72.7 Å². The predicted octanol–water partition coefficient (Wildman–Crippen LogP) is 2.16. The van der Waals surface area contributed by atoms with E-state index in [1.54, 1.807) is 12.1 Å². The van der Waals surface area contributed by atoms with E-state index in [9.17, 15) is 4.79 Å². The molecule has 1 N–H and O–H groups in total. The number of aryl methyl sites for hydroxylation is 1. The van der Waals surface area contributed by atoms with Crippen LogP contribution in [0.1, 0.15) is 12.7 Å². The van der Waals surface area contributed by atoms with E-state index in [1.807, 2.05) is 18.5 Å². The van der Waals surface area contributed by atoms with Crippen molar-refractivity contribution in [3.63, 3.8) is 0 Å². The minimum Gasteiger partial charge on any atom is -0.310 e. The maximum Gasteiger partial charge on any atom is 0.236 e. The summed E-state index contributed by atoms with van der Waals surface area (Å²) < 4.78 is 1.89. The number of aromatic nitrogens is 4. The Morgan fingerprint density at radius 1 is 1.45 bits per heavy atom. The number of nitrogens with zero attached hydrogens (tertiary/aromatic N) is 4. The summed E-state index contributed by atoms with van der Waals surface area (Å²) in [7, 11) is 1.89. The van der Waals surface area contributed by atoms with E-state index >= 15 is 0 Å². The molecule has 2 aromatic rings. The van der Waals surface area contributed by atoms with Gasteiger partial charge in [-0.3, -0.25) is 4.79 Å². The van der Waals surface area contributed by atoms with Crippen LogP contribution in [-0.4, -0.2) is 31.4 Å². The lowest BCUT2D eigenvalue weighted by atomic mass is 10.4. The summed E-state index contributed by atoms with van der Waals surface area (Å²) in [6, 6.07) is 3.33. The summed E-state index contributed by atoms with van der Waals surface area (Å²) in [4.78, 5) is 15.8. The van der Waals surface area contributed by atoms with Gasteiger partial charge >= 0.3 is 0 Å². The highest BCUT2D eigenvalue weighted by Crippen LogP contribution is 2.16. The summed E-state index contributed by atoms with van der Waals surface area (Å²) in [6.45, 7) is 2.01. The third kappa shape index (κ3) is 3.71. The summed E-state index contributed by atoms with van der Waals surface area (Å²) in [6.07, 6.45) is 2.30. The van der Waals surface area contributed by atoms with E-state index in [-0.39, 0.29) is 11.7 Å². The Labute approximate surface area is 125 Å². The molecule has 20 heavy (non-hydrogen) atoms. The summed E-state index contributed by atoms with van der Waals surface area (Å²) in [5, 5.41) is 12.0. The molecule has 0 spiro atoms. The molecule has 0 fully saturated rings. The van der Waals surface area contributed by atoms with Crippen LogP contribution in [0, 0.1) is 0 Å². The Bertz CT molecular complexity index is 598. The van der Waals surface area contributed by atoms with Gasteiger partial charge in [0.2, 0.25) is 5.91 Å². The van der Waals surface area contributed by atoms with Crippen LogP contribution in [0.3, 0.4) is 0 Å². The number of anilines is 1. The lowest BCUT2D eigenvalue weighted by molar-refractivity contribution is -0.113. The van der Waals surface area contributed by atoms with E-state index < -0.39 is 0 Å². The molecule has 0 aromatic carbocycles. The first kappa shape index (κ1) is 14.8. The molecule has 0 saturated carbocycles. The monoisotopic (exact) mass is 311 g/mol. The largest absolute Gasteiger partial charge is 0.310 e. The highest BCUT2D eigenvalue weighted by atomic mass is 35.5. The Morgan fingerprint density at radius 3 is 2.85 bits per heavy atom. The number of thioether (sulfide) groups is 1. The fraction of sp³-hybridized carbons (Fsp3) is 0.333. The van der Waals surface area contributed by atoms with Gasteiger partial charge in [0, 0.05) is 19.7 Å². The average Bonchev–Trinajstić information content (AvgIpc) is 2.79. The lowest BCUT2D eigenvalue weighted by Gasteiger charge is -2.04. The van der Waals surface area contributed by atoms with Crippen LogP contribution in [0.15, 0.2) is 23.5 Å². The highest BCUT2D eigenvalue weighted by Gasteiger charge is 2.10. The van der Waals surface area contributed by atoms with Gasteiger partial charge in [-0.05, 0) is 12.1 Å². The number of hydrogen-bond acceptors (Lipinski definition) is 5. The Balaban J connectivity index is 1.88. The van der Waals surface area contributed by atoms with Crippen molar-refractivity contribution in [2.45, 2.75) is 18.5 Å². The third-order valence-electron chi connectivity index (χ3n) is 2.57. The number of rotatable bonds is 5. The van der Waals surface area contributed by atoms with Crippen LogP contribution in [0.5, 0.6) is 0 Å². The lowest BCUT2D eigenvalue weighted by Crippen LogP contribution is -2.15. The summed E-state index contributed by atoms with van der Waals surface area (Å²) in [5.74, 6) is 1.48. The molecule has 2 rings (SSSR count). The summed E-state index contributed by atoms with van der Waals surface area (Å²) in [5.41, 5.74) is 0. The van der Waals surface area contributed by atoms with Gasteiger partial charge in [0.05, 0.1) is 10.8 Å². The van der Waals surface area contributed by atoms with Crippen LogP contribution < -0.4 is 5.32 Å². The van der Waals surface area contributed by atoms with Crippen molar-refractivity contribution >= 4 is 35.1 Å². The maximum absolute atomic E-state index is 11.8. The second-order valence-electron chi connectivity index (χ2n) is 4.01. The predicted molar refractivity (Wildman–Crippen MR) is 79.0 cm³/mol. The van der Waals surface area contributed by atoms with Crippen LogP contribution in [0.2, 0.25) is 5.02 Å². The van der Waals surface area contributed by atoms with E-state index in [0.717, 1.165) is 17.4 Å². The quantitative estimate of drug-likeness (QED) is 0.857. The van der Waals surface area contributed by atoms with E-state index in [2.05, 4.69) is 20.5 Å². The smallest absolute Gasteiger partial charge is 0.236 e. The first-order valence-corrected chi connectivity index (χ1v) is 7.39. The van der Waals surface area contributed by atoms with Crippen molar-refractivity contribution < 1.29 is 4.79 Å². The van der Waals surface area contributed by atoms with Gasteiger partial charge in [-0.2, -0.15) is 0 Å². The van der Waals surface area contributed by atoms with Gasteiger partial charge in [0.25, 0.3) is 0 Å². The van der Waals surface area contributed by atoms with E-state index in [1.165, 1.54) is 18.0 Å². The van der Waals surface area contributed by atoms with Crippen molar-refractivity contribution in [2.75, 3.05) is 11.1 Å². The Hall–Kier alpha value is -1.60. The van der Waals surface area contributed by atoms with E-state index in [0.29, 0.717) is 10.8 Å². The Kier molecular flexibility index (Phi) is 4.97. The molecule has 8 heteroatoms. The minimum absolute atomic E-state index is 0.147. The number of amides is 1. The van der Waals surface area contributed by atoms with Crippen LogP contribution in [0.4, 0.5) is 5.82 Å². The van der Waals surface area contributed by atoms with Crippen molar-refractivity contribution in [3.8, 4) is 0 Å². The molecule has 0 aliphatic rings. The van der Waals surface area contributed by atoms with Gasteiger partial charge in [0.1, 0.15) is 11.6 Å². The number of nitrogens with one attached hydrogen (secondary N) is 1. The van der Waals surface area contributed by atoms with Crippen molar-refractivity contribution in [1.29, 1.82) is 0 Å².